The molecule has 0 unspecified atom stereocenters. The number of hydrogen-bond donors (Lipinski definition) is 1. The van der Waals surface area contributed by atoms with E-state index in [0.717, 1.165) is 0 Å². The van der Waals surface area contributed by atoms with Gasteiger partial charge in [-0.1, -0.05) is 0 Å². The zero-order valence-corrected chi connectivity index (χ0v) is 26.1. The predicted molar refractivity (Wildman–Crippen MR) is 61.5 cm³/mol. The van der Waals surface area contributed by atoms with Crippen molar-refractivity contribution in [2.45, 2.75) is 0 Å². The van der Waals surface area contributed by atoms with Crippen molar-refractivity contribution in [1.82, 2.24) is 0 Å². The molecule has 23 heavy (non-hydrogen) atoms. The van der Waals surface area contributed by atoms with Crippen LogP contribution in [0.2, 0.25) is 0 Å². The quantitative estimate of drug-likeness (QED) is 0.0761. The van der Waals surface area contributed by atoms with Gasteiger partial charge in [0.2, 0.25) is 19.6 Å². The zero-order chi connectivity index (χ0) is 14.4. The first kappa shape index (κ1) is 70.7. The first-order chi connectivity index (χ1) is 6.88. The van der Waals surface area contributed by atoms with Gasteiger partial charge in [0.25, 0.3) is 0 Å². The summed E-state index contributed by atoms with van der Waals surface area (Å²) in [7, 11) is -0.670. The second-order valence-corrected chi connectivity index (χ2v) is 4.81. The molecule has 11 nitrogen and oxygen atoms in total. The van der Waals surface area contributed by atoms with Gasteiger partial charge < -0.3 is 35.4 Å². The van der Waals surface area contributed by atoms with E-state index in [4.69, 9.17) is 43.1 Å². The molecule has 3 N–H and O–H groups in total. The van der Waals surface area contributed by atoms with E-state index in [1.165, 1.54) is 0 Å². The maximum Gasteiger partial charge on any atom is 1.00 e. The van der Waals surface area contributed by atoms with Crippen LogP contribution in [0.15, 0.2) is 0 Å². The van der Waals surface area contributed by atoms with Gasteiger partial charge in [-0.15, -0.1) is 12.4 Å². The number of rotatable bonds is 0. The molecule has 0 saturated carbocycles. The van der Waals surface area contributed by atoms with Crippen molar-refractivity contribution in [2.24, 2.45) is 0 Å². The van der Waals surface area contributed by atoms with E-state index in [2.05, 4.69) is 21.4 Å². The molecule has 0 radical (unpaired) electrons. The average molecular weight is 542 g/mol. The van der Waals surface area contributed by atoms with Gasteiger partial charge in [-0.3, -0.25) is 4.55 Å². The molecule has 0 bridgehead atoms. The molecule has 0 amide bonds. The van der Waals surface area contributed by atoms with Crippen LogP contribution in [-0.4, -0.2) is 40.2 Å². The SMILES string of the molecule is Cl.O.O=S(=O)([O-])O.O=S(Cl)Cl.O=S=O.O=[S-](=O)[O-].[Cl-].[Na+].[Na+].[Na+].[Na+]. The summed E-state index contributed by atoms with van der Waals surface area (Å²) in [6.07, 6.45) is 0. The Hall–Kier alpha value is 4.87. The summed E-state index contributed by atoms with van der Waals surface area (Å²) in [6, 6.07) is 0. The Labute approximate surface area is 250 Å². The topological polar surface area (TPSA) is 217 Å². The summed E-state index contributed by atoms with van der Waals surface area (Å²) >= 11 is -0.750. The van der Waals surface area contributed by atoms with E-state index in [0.29, 0.717) is 0 Å². The molecule has 0 fully saturated rings. The van der Waals surface area contributed by atoms with E-state index in [-0.39, 0.29) is 149 Å². The van der Waals surface area contributed by atoms with Gasteiger partial charge in [0.1, 0.15) is 0 Å². The molecule has 126 valence electrons. The van der Waals surface area contributed by atoms with Crippen molar-refractivity contribution in [3.8, 4) is 0 Å². The van der Waals surface area contributed by atoms with E-state index in [1.807, 2.05) is 0 Å². The molecule has 0 heterocycles. The molecule has 0 aromatic heterocycles. The Balaban J connectivity index is -0.00000000851. The third-order valence-electron chi connectivity index (χ3n) is 0. The van der Waals surface area contributed by atoms with Crippen molar-refractivity contribution >= 4 is 76.0 Å². The fourth-order valence-corrected chi connectivity index (χ4v) is 0. The molecule has 23 heteroatoms. The van der Waals surface area contributed by atoms with Crippen LogP contribution in [0.3, 0.4) is 0 Å². The summed E-state index contributed by atoms with van der Waals surface area (Å²) in [6.45, 7) is 0. The molecular formula is H4Cl4Na4O11S4. The molecule has 0 spiro atoms. The molecule has 0 aliphatic heterocycles. The fourth-order valence-electron chi connectivity index (χ4n) is 0. The third-order valence-corrected chi connectivity index (χ3v) is 0. The van der Waals surface area contributed by atoms with Gasteiger partial charge in [0.15, 0.2) is 0 Å². The Morgan fingerprint density at radius 3 is 1.04 bits per heavy atom. The normalized spacial score (nSPS) is 6.04. The fraction of sp³-hybridized carbons (Fsp3) is 0. The standard InChI is InChI=1S/Cl2OS.2ClH.4Na.H2O4S.O3S.O2S.H2O/c1-4(2)3;;;;;;;1-5(2,3)4;1-4(2)3;1-3-2;/h;2*1H;;;;;(H2,1,2,3,4);;;1H2/q;;;4*+1;;-2;;/p-2. The van der Waals surface area contributed by atoms with Crippen LogP contribution >= 0.6 is 33.8 Å². The second-order valence-electron chi connectivity index (χ2n) is 0.884. The van der Waals surface area contributed by atoms with Crippen LogP contribution in [0.25, 0.3) is 0 Å². The van der Waals surface area contributed by atoms with Crippen LogP contribution in [0.5, 0.6) is 0 Å². The van der Waals surface area contributed by atoms with Crippen LogP contribution < -0.4 is 131 Å². The average Bonchev–Trinajstić information content (AvgIpc) is 1.78. The van der Waals surface area contributed by atoms with Crippen molar-refractivity contribution < 1.29 is 179 Å². The molecule has 0 aliphatic rings. The maximum atomic E-state index is 9.09. The smallest absolute Gasteiger partial charge is 1.00 e. The molecular weight excluding hydrogens is 538 g/mol. The van der Waals surface area contributed by atoms with Crippen molar-refractivity contribution in [3.05, 3.63) is 0 Å². The van der Waals surface area contributed by atoms with Gasteiger partial charge in [0.05, 0.1) is 0 Å². The van der Waals surface area contributed by atoms with E-state index < -0.39 is 42.2 Å². The second kappa shape index (κ2) is 56.3. The maximum absolute atomic E-state index is 9.09. The molecule has 0 saturated heterocycles. The molecule has 0 atom stereocenters. The zero-order valence-electron chi connectivity index (χ0n) is 11.8. The van der Waals surface area contributed by atoms with Gasteiger partial charge in [-0.05, 0) is 0 Å². The van der Waals surface area contributed by atoms with Crippen molar-refractivity contribution in [3.63, 3.8) is 0 Å². The minimum absolute atomic E-state index is 0. The van der Waals surface area contributed by atoms with E-state index in [9.17, 15) is 0 Å². The van der Waals surface area contributed by atoms with E-state index in [1.54, 1.807) is 0 Å². The Morgan fingerprint density at radius 2 is 1.04 bits per heavy atom. The number of halogens is 4. The van der Waals surface area contributed by atoms with Crippen LogP contribution in [0.4, 0.5) is 0 Å². The molecule has 0 aliphatic carbocycles. The van der Waals surface area contributed by atoms with Gasteiger partial charge in [-0.2, -0.15) is 19.4 Å². The van der Waals surface area contributed by atoms with Crippen molar-refractivity contribution in [1.29, 1.82) is 0 Å². The van der Waals surface area contributed by atoms with Crippen LogP contribution in [-0.2, 0) is 50.6 Å². The summed E-state index contributed by atoms with van der Waals surface area (Å²) < 4.78 is 83.8. The molecule has 0 aromatic rings. The van der Waals surface area contributed by atoms with E-state index >= 15 is 0 Å². The summed E-state index contributed by atoms with van der Waals surface area (Å²) in [5, 5.41) is 0. The van der Waals surface area contributed by atoms with Gasteiger partial charge >= 0.3 is 130 Å². The van der Waals surface area contributed by atoms with Crippen LogP contribution in [0, 0.1) is 0 Å². The Bertz CT molecular complexity index is 357. The van der Waals surface area contributed by atoms with Crippen LogP contribution in [0.1, 0.15) is 0 Å². The summed E-state index contributed by atoms with van der Waals surface area (Å²) in [5.41, 5.74) is 0. The minimum atomic E-state index is -4.92. The Morgan fingerprint density at radius 1 is 1.04 bits per heavy atom. The summed E-state index contributed by atoms with van der Waals surface area (Å²) in [4.78, 5) is 0. The summed E-state index contributed by atoms with van der Waals surface area (Å²) in [5.74, 6) is 0. The monoisotopic (exact) mass is 540 g/mol. The predicted octanol–water partition coefficient (Wildman–Crippen LogP) is -16.6. The van der Waals surface area contributed by atoms with Gasteiger partial charge in [-0.25, -0.2) is 12.6 Å². The van der Waals surface area contributed by atoms with Gasteiger partial charge in [0, 0.05) is 21.4 Å². The number of hydrogen-bond acceptors (Lipinski definition) is 10. The third kappa shape index (κ3) is 701. The Kier molecular flexibility index (Phi) is 173. The first-order valence-corrected chi connectivity index (χ1v) is 7.83. The first-order valence-electron chi connectivity index (χ1n) is 1.99. The minimum Gasteiger partial charge on any atom is -1.00 e. The van der Waals surface area contributed by atoms with Crippen molar-refractivity contribution in [2.75, 3.05) is 0 Å². The largest absolute Gasteiger partial charge is 1.00 e. The molecule has 0 aromatic carbocycles. The molecule has 0 rings (SSSR count).